The third kappa shape index (κ3) is 34.9. The molecule has 1 saturated carbocycles. The van der Waals surface area contributed by atoms with Gasteiger partial charge in [0.15, 0.2) is 0 Å². The maximum Gasteiger partial charge on any atom is 0.410 e. The van der Waals surface area contributed by atoms with E-state index in [0.29, 0.717) is 63.9 Å². The predicted molar refractivity (Wildman–Crippen MR) is 314 cm³/mol. The Morgan fingerprint density at radius 2 is 0.960 bits per heavy atom. The zero-order chi connectivity index (χ0) is 54.8. The Balaban J connectivity index is 1.93. The highest BCUT2D eigenvalue weighted by Crippen LogP contribution is 2.44. The number of ether oxygens (including phenoxy) is 3. The first-order chi connectivity index (χ1) is 36.2. The van der Waals surface area contributed by atoms with Crippen molar-refractivity contribution >= 4 is 24.1 Å². The molecule has 0 spiro atoms. The van der Waals surface area contributed by atoms with Gasteiger partial charge in [-0.15, -0.1) is 0 Å². The van der Waals surface area contributed by atoms with Crippen molar-refractivity contribution in [2.75, 3.05) is 32.8 Å². The molecule has 0 bridgehead atoms. The van der Waals surface area contributed by atoms with Crippen LogP contribution in [0.1, 0.15) is 325 Å². The first-order valence-corrected chi connectivity index (χ1v) is 32.6. The van der Waals surface area contributed by atoms with Gasteiger partial charge in [-0.2, -0.15) is 0 Å². The van der Waals surface area contributed by atoms with Crippen molar-refractivity contribution < 1.29 is 33.4 Å². The van der Waals surface area contributed by atoms with Crippen LogP contribution in [-0.2, 0) is 23.8 Å². The summed E-state index contributed by atoms with van der Waals surface area (Å²) in [5.41, 5.74) is -0.896. The second kappa shape index (κ2) is 43.4. The summed E-state index contributed by atoms with van der Waals surface area (Å²) in [5.74, 6) is 0.986. The summed E-state index contributed by atoms with van der Waals surface area (Å²) in [6, 6.07) is -0.0698. The van der Waals surface area contributed by atoms with Crippen molar-refractivity contribution in [3.63, 3.8) is 0 Å². The first kappa shape index (κ1) is 68.6. The van der Waals surface area contributed by atoms with Crippen molar-refractivity contribution in [2.45, 2.75) is 342 Å². The van der Waals surface area contributed by atoms with Crippen LogP contribution >= 0.6 is 0 Å². The maximum atomic E-state index is 14.4. The molecule has 10 heteroatoms. The first-order valence-electron chi connectivity index (χ1n) is 32.6. The molecule has 1 N–H and O–H groups in total. The van der Waals surface area contributed by atoms with E-state index in [2.05, 4.69) is 44.8 Å². The summed E-state index contributed by atoms with van der Waals surface area (Å²) in [5, 5.41) is 3.40. The van der Waals surface area contributed by atoms with Gasteiger partial charge in [0.05, 0.1) is 13.2 Å². The molecule has 1 unspecified atom stereocenters. The summed E-state index contributed by atoms with van der Waals surface area (Å²) < 4.78 is 17.7. The number of unbranched alkanes of at least 4 members (excludes halogenated alkanes) is 26. The van der Waals surface area contributed by atoms with Crippen molar-refractivity contribution in [2.24, 2.45) is 17.8 Å². The third-order valence-electron chi connectivity index (χ3n) is 16.6. The number of nitrogens with one attached hydrogen (secondary N) is 1. The number of rotatable bonds is 46. The summed E-state index contributed by atoms with van der Waals surface area (Å²) >= 11 is 0. The van der Waals surface area contributed by atoms with E-state index in [1.807, 2.05) is 20.8 Å². The SMILES string of the molecule is CCCCCCCCCC(CCCCCCCCC)COC(=O)CCCCCCCN(C(=O)NC1CCCN(C(=O)OC(C)(C)C)CC1)C1(C)CC(CC(=O)OCC(CCCCCCCC)CCCCCCCC)C1. The van der Waals surface area contributed by atoms with Crippen LogP contribution in [0.5, 0.6) is 0 Å². The van der Waals surface area contributed by atoms with Gasteiger partial charge < -0.3 is 29.3 Å². The lowest BCUT2D eigenvalue weighted by atomic mass is 9.67. The fourth-order valence-corrected chi connectivity index (χ4v) is 11.9. The molecule has 1 atom stereocenters. The zero-order valence-electron chi connectivity index (χ0n) is 50.8. The summed E-state index contributed by atoms with van der Waals surface area (Å²) in [7, 11) is 0. The number of hydrogen-bond donors (Lipinski definition) is 1. The number of likely N-dealkylation sites (tertiary alicyclic amines) is 1. The Labute approximate surface area is 463 Å². The number of hydrogen-bond acceptors (Lipinski definition) is 7. The molecule has 1 heterocycles. The molecule has 2 fully saturated rings. The fraction of sp³-hybridized carbons (Fsp3) is 0.938. The number of esters is 2. The van der Waals surface area contributed by atoms with Gasteiger partial charge >= 0.3 is 24.1 Å². The molecule has 0 aromatic rings. The molecule has 10 nitrogen and oxygen atoms in total. The predicted octanol–water partition coefficient (Wildman–Crippen LogP) is 18.8. The van der Waals surface area contributed by atoms with E-state index in [4.69, 9.17) is 14.2 Å². The lowest BCUT2D eigenvalue weighted by Crippen LogP contribution is -2.61. The molecule has 1 saturated heterocycles. The number of amides is 3. The average molecular weight is 1060 g/mol. The summed E-state index contributed by atoms with van der Waals surface area (Å²) in [6.45, 7) is 19.9. The standard InChI is InChI=1S/C65H123N3O7/c1-9-13-17-21-25-30-36-41-56(42-37-31-26-22-18-14-10-2)54-73-60(69)46-38-32-27-33-39-49-68(62(71)66-59-45-40-48-67(50-47-59)63(72)75-64(5,6)7)65(8)52-58(53-65)51-61(70)74-55-57(43-34-28-23-19-15-11-3)44-35-29-24-20-16-12-4/h56-59H,9-55H2,1-8H3,(H,66,71). The molecular formula is C65H123N3O7. The average Bonchev–Trinajstić information content (AvgIpc) is 3.61. The minimum atomic E-state index is -0.554. The van der Waals surface area contributed by atoms with E-state index < -0.39 is 5.60 Å². The molecule has 0 aromatic carbocycles. The van der Waals surface area contributed by atoms with Gasteiger partial charge in [-0.05, 0) is 116 Å². The Kier molecular flexibility index (Phi) is 39.7. The number of carbonyl (C=O) groups excluding carboxylic acids is 4. The van der Waals surface area contributed by atoms with Gasteiger partial charge in [0.25, 0.3) is 0 Å². The van der Waals surface area contributed by atoms with E-state index in [9.17, 15) is 19.2 Å². The lowest BCUT2D eigenvalue weighted by molar-refractivity contribution is -0.148. The number of nitrogens with zero attached hydrogens (tertiary/aromatic N) is 2. The Bertz CT molecular complexity index is 1390. The van der Waals surface area contributed by atoms with Crippen LogP contribution in [0.3, 0.4) is 0 Å². The minimum absolute atomic E-state index is 0.0295. The van der Waals surface area contributed by atoms with Crippen LogP contribution in [0.15, 0.2) is 0 Å². The van der Waals surface area contributed by atoms with Gasteiger partial charge in [0.1, 0.15) is 5.60 Å². The highest BCUT2D eigenvalue weighted by molar-refractivity contribution is 5.76. The van der Waals surface area contributed by atoms with E-state index in [-0.39, 0.29) is 41.6 Å². The van der Waals surface area contributed by atoms with Crippen LogP contribution in [0.2, 0.25) is 0 Å². The van der Waals surface area contributed by atoms with Crippen LogP contribution in [0.4, 0.5) is 9.59 Å². The Morgan fingerprint density at radius 1 is 0.547 bits per heavy atom. The molecule has 2 aliphatic rings. The number of carbonyl (C=O) groups is 4. The van der Waals surface area contributed by atoms with Crippen molar-refractivity contribution in [1.82, 2.24) is 15.1 Å². The van der Waals surface area contributed by atoms with Crippen LogP contribution < -0.4 is 5.32 Å². The lowest BCUT2D eigenvalue weighted by Gasteiger charge is -2.52. The van der Waals surface area contributed by atoms with Gasteiger partial charge in [-0.3, -0.25) is 9.59 Å². The third-order valence-corrected chi connectivity index (χ3v) is 16.6. The number of urea groups is 1. The van der Waals surface area contributed by atoms with Crippen LogP contribution in [-0.4, -0.2) is 83.9 Å². The van der Waals surface area contributed by atoms with Crippen LogP contribution in [0, 0.1) is 17.8 Å². The molecule has 1 aliphatic heterocycles. The quantitative estimate of drug-likeness (QED) is 0.0367. The topological polar surface area (TPSA) is 114 Å². The van der Waals surface area contributed by atoms with Gasteiger partial charge in [0, 0.05) is 44.1 Å². The molecule has 3 amide bonds. The monoisotopic (exact) mass is 1060 g/mol. The molecule has 1 aliphatic carbocycles. The molecule has 0 radical (unpaired) electrons. The van der Waals surface area contributed by atoms with E-state index in [1.165, 1.54) is 180 Å². The minimum Gasteiger partial charge on any atom is -0.465 e. The van der Waals surface area contributed by atoms with Crippen molar-refractivity contribution in [1.29, 1.82) is 0 Å². The molecule has 0 aromatic heterocycles. The molecule has 2 rings (SSSR count). The second-order valence-corrected chi connectivity index (χ2v) is 25.2. The largest absolute Gasteiger partial charge is 0.465 e. The second-order valence-electron chi connectivity index (χ2n) is 25.2. The fourth-order valence-electron chi connectivity index (χ4n) is 11.9. The molecule has 75 heavy (non-hydrogen) atoms. The van der Waals surface area contributed by atoms with Crippen molar-refractivity contribution in [3.8, 4) is 0 Å². The highest BCUT2D eigenvalue weighted by atomic mass is 16.6. The zero-order valence-corrected chi connectivity index (χ0v) is 50.8. The van der Waals surface area contributed by atoms with Gasteiger partial charge in [-0.25, -0.2) is 9.59 Å². The summed E-state index contributed by atoms with van der Waals surface area (Å²) in [4.78, 5) is 57.5. The van der Waals surface area contributed by atoms with E-state index in [0.717, 1.165) is 70.6 Å². The summed E-state index contributed by atoms with van der Waals surface area (Å²) in [6.07, 6.45) is 47.5. The van der Waals surface area contributed by atoms with E-state index in [1.54, 1.807) is 4.90 Å². The normalized spacial score (nSPS) is 18.0. The highest BCUT2D eigenvalue weighted by Gasteiger charge is 2.47. The molecule has 440 valence electrons. The molecular weight excluding hydrogens is 935 g/mol. The van der Waals surface area contributed by atoms with Crippen molar-refractivity contribution in [3.05, 3.63) is 0 Å². The van der Waals surface area contributed by atoms with E-state index >= 15 is 0 Å². The Hall–Kier alpha value is -2.52. The Morgan fingerprint density at radius 3 is 1.41 bits per heavy atom. The smallest absolute Gasteiger partial charge is 0.410 e. The maximum absolute atomic E-state index is 14.4. The van der Waals surface area contributed by atoms with Crippen LogP contribution in [0.25, 0.3) is 0 Å². The van der Waals surface area contributed by atoms with Gasteiger partial charge in [-0.1, -0.05) is 214 Å². The van der Waals surface area contributed by atoms with Gasteiger partial charge in [0.2, 0.25) is 0 Å².